The van der Waals surface area contributed by atoms with Crippen LogP contribution >= 0.6 is 15.9 Å². The van der Waals surface area contributed by atoms with Gasteiger partial charge in [-0.05, 0) is 34.1 Å². The number of hydrogen-bond acceptors (Lipinski definition) is 2. The number of carbonyl (C=O) groups is 2. The first kappa shape index (κ1) is 15.5. The first-order chi connectivity index (χ1) is 8.69. The third-order valence-corrected chi connectivity index (χ3v) is 2.81. The molecule has 4 nitrogen and oxygen atoms in total. The molecule has 1 aromatic carbocycles. The Labute approximate surface area is 114 Å². The zero-order valence-electron chi connectivity index (χ0n) is 9.42. The number of benzene rings is 1. The van der Waals surface area contributed by atoms with Crippen molar-refractivity contribution in [1.82, 2.24) is 0 Å². The van der Waals surface area contributed by atoms with Crippen LogP contribution < -0.4 is 5.32 Å². The molecule has 1 aromatic rings. The maximum absolute atomic E-state index is 11.9. The Morgan fingerprint density at radius 3 is 2.47 bits per heavy atom. The minimum Gasteiger partial charge on any atom is -0.478 e. The molecule has 0 unspecified atom stereocenters. The molecule has 8 heteroatoms. The highest BCUT2D eigenvalue weighted by atomic mass is 79.9. The van der Waals surface area contributed by atoms with Crippen LogP contribution in [0.5, 0.6) is 0 Å². The highest BCUT2D eigenvalue weighted by molar-refractivity contribution is 9.10. The number of carbonyl (C=O) groups excluding carboxylic acids is 1. The Morgan fingerprint density at radius 1 is 1.32 bits per heavy atom. The number of alkyl halides is 3. The summed E-state index contributed by atoms with van der Waals surface area (Å²) in [5.41, 5.74) is 0.0430. The topological polar surface area (TPSA) is 66.4 Å². The number of amides is 1. The van der Waals surface area contributed by atoms with Crippen LogP contribution in [0.25, 0.3) is 0 Å². The molecule has 0 aliphatic carbocycles. The first-order valence-electron chi connectivity index (χ1n) is 5.08. The van der Waals surface area contributed by atoms with E-state index in [1.165, 1.54) is 12.1 Å². The molecule has 0 aromatic heterocycles. The monoisotopic (exact) mass is 339 g/mol. The quantitative estimate of drug-likeness (QED) is 0.883. The van der Waals surface area contributed by atoms with Crippen LogP contribution in [0.4, 0.5) is 18.9 Å². The van der Waals surface area contributed by atoms with E-state index in [1.807, 2.05) is 0 Å². The van der Waals surface area contributed by atoms with Crippen molar-refractivity contribution in [2.24, 2.45) is 0 Å². The Kier molecular flexibility index (Phi) is 4.93. The summed E-state index contributed by atoms with van der Waals surface area (Å²) in [7, 11) is 0. The van der Waals surface area contributed by atoms with Crippen molar-refractivity contribution in [2.75, 3.05) is 5.32 Å². The molecule has 0 spiro atoms. The number of anilines is 1. The average molecular weight is 340 g/mol. The van der Waals surface area contributed by atoms with Crippen LogP contribution in [0.3, 0.4) is 0 Å². The third kappa shape index (κ3) is 5.29. The van der Waals surface area contributed by atoms with E-state index in [-0.39, 0.29) is 11.3 Å². The largest absolute Gasteiger partial charge is 0.478 e. The Balaban J connectivity index is 2.73. The zero-order chi connectivity index (χ0) is 14.6. The van der Waals surface area contributed by atoms with Gasteiger partial charge >= 0.3 is 12.1 Å². The molecule has 0 saturated carbocycles. The van der Waals surface area contributed by atoms with Gasteiger partial charge in [-0.1, -0.05) is 0 Å². The van der Waals surface area contributed by atoms with Crippen molar-refractivity contribution in [3.05, 3.63) is 28.2 Å². The van der Waals surface area contributed by atoms with Gasteiger partial charge in [-0.15, -0.1) is 0 Å². The fourth-order valence-corrected chi connectivity index (χ4v) is 1.57. The van der Waals surface area contributed by atoms with Crippen LogP contribution in [0.2, 0.25) is 0 Å². The van der Waals surface area contributed by atoms with Gasteiger partial charge in [0.2, 0.25) is 5.91 Å². The minimum atomic E-state index is -4.41. The first-order valence-corrected chi connectivity index (χ1v) is 5.88. The lowest BCUT2D eigenvalue weighted by Gasteiger charge is -2.09. The van der Waals surface area contributed by atoms with E-state index < -0.39 is 30.9 Å². The number of nitrogens with one attached hydrogen (secondary N) is 1. The highest BCUT2D eigenvalue weighted by Gasteiger charge is 2.28. The molecule has 0 aliphatic heterocycles. The number of hydrogen-bond donors (Lipinski definition) is 2. The SMILES string of the molecule is O=C(CCC(F)(F)F)Nc1cc(C(=O)O)ccc1Br. The number of halogens is 4. The Morgan fingerprint density at radius 2 is 1.95 bits per heavy atom. The normalized spacial score (nSPS) is 11.2. The predicted molar refractivity (Wildman–Crippen MR) is 65.0 cm³/mol. The molecular weight excluding hydrogens is 331 g/mol. The number of carboxylic acids is 1. The number of rotatable bonds is 4. The van der Waals surface area contributed by atoms with Crippen molar-refractivity contribution in [1.29, 1.82) is 0 Å². The smallest absolute Gasteiger partial charge is 0.389 e. The summed E-state index contributed by atoms with van der Waals surface area (Å²) in [6.07, 6.45) is -6.35. The van der Waals surface area contributed by atoms with E-state index in [1.54, 1.807) is 0 Å². The molecular formula is C11H9BrF3NO3. The summed E-state index contributed by atoms with van der Waals surface area (Å²) in [4.78, 5) is 22.0. The van der Waals surface area contributed by atoms with Crippen molar-refractivity contribution < 1.29 is 27.9 Å². The van der Waals surface area contributed by atoms with E-state index in [0.29, 0.717) is 4.47 Å². The van der Waals surface area contributed by atoms with Crippen LogP contribution in [0, 0.1) is 0 Å². The third-order valence-electron chi connectivity index (χ3n) is 2.12. The second kappa shape index (κ2) is 6.05. The standard InChI is InChI=1S/C11H9BrF3NO3/c12-7-2-1-6(10(18)19)5-8(7)16-9(17)3-4-11(13,14)15/h1-2,5H,3-4H2,(H,16,17)(H,18,19). The van der Waals surface area contributed by atoms with E-state index in [9.17, 15) is 22.8 Å². The van der Waals surface area contributed by atoms with Crippen LogP contribution in [0.15, 0.2) is 22.7 Å². The van der Waals surface area contributed by atoms with Crippen LogP contribution in [-0.2, 0) is 4.79 Å². The van der Waals surface area contributed by atoms with Crippen molar-refractivity contribution in [3.63, 3.8) is 0 Å². The van der Waals surface area contributed by atoms with Gasteiger partial charge < -0.3 is 10.4 Å². The molecule has 0 atom stereocenters. The molecule has 19 heavy (non-hydrogen) atoms. The summed E-state index contributed by atoms with van der Waals surface area (Å²) in [5, 5.41) is 11.0. The number of carboxylic acid groups (broad SMARTS) is 1. The fraction of sp³-hybridized carbons (Fsp3) is 0.273. The summed E-state index contributed by atoms with van der Waals surface area (Å²) < 4.78 is 36.2. The Hall–Kier alpha value is -1.57. The van der Waals surface area contributed by atoms with E-state index in [0.717, 1.165) is 6.07 Å². The highest BCUT2D eigenvalue weighted by Crippen LogP contribution is 2.25. The lowest BCUT2D eigenvalue weighted by Crippen LogP contribution is -2.17. The van der Waals surface area contributed by atoms with Gasteiger partial charge in [0.05, 0.1) is 17.7 Å². The minimum absolute atomic E-state index is 0.0747. The molecule has 0 heterocycles. The molecule has 2 N–H and O–H groups in total. The fourth-order valence-electron chi connectivity index (χ4n) is 1.22. The lowest BCUT2D eigenvalue weighted by atomic mass is 10.2. The second-order valence-electron chi connectivity index (χ2n) is 3.66. The van der Waals surface area contributed by atoms with Crippen molar-refractivity contribution in [2.45, 2.75) is 19.0 Å². The second-order valence-corrected chi connectivity index (χ2v) is 4.52. The van der Waals surface area contributed by atoms with Crippen LogP contribution in [0.1, 0.15) is 23.2 Å². The summed E-state index contributed by atoms with van der Waals surface area (Å²) in [5.74, 6) is -2.03. The van der Waals surface area contributed by atoms with E-state index in [4.69, 9.17) is 5.11 Å². The molecule has 0 radical (unpaired) electrons. The van der Waals surface area contributed by atoms with Gasteiger partial charge in [0.15, 0.2) is 0 Å². The van der Waals surface area contributed by atoms with Crippen molar-refractivity contribution in [3.8, 4) is 0 Å². The average Bonchev–Trinajstić information content (AvgIpc) is 2.28. The van der Waals surface area contributed by atoms with Gasteiger partial charge in [-0.25, -0.2) is 4.79 Å². The van der Waals surface area contributed by atoms with Crippen molar-refractivity contribution >= 4 is 33.5 Å². The number of aromatic carboxylic acids is 1. The van der Waals surface area contributed by atoms with Gasteiger partial charge in [0, 0.05) is 10.9 Å². The molecule has 0 aliphatic rings. The molecule has 1 amide bonds. The summed E-state index contributed by atoms with van der Waals surface area (Å²) in [6.45, 7) is 0. The molecule has 1 rings (SSSR count). The summed E-state index contributed by atoms with van der Waals surface area (Å²) in [6, 6.07) is 3.86. The van der Waals surface area contributed by atoms with Gasteiger partial charge in [0.1, 0.15) is 0 Å². The van der Waals surface area contributed by atoms with E-state index in [2.05, 4.69) is 21.2 Å². The maximum Gasteiger partial charge on any atom is 0.389 e. The van der Waals surface area contributed by atoms with E-state index >= 15 is 0 Å². The Bertz CT molecular complexity index is 502. The van der Waals surface area contributed by atoms with Gasteiger partial charge in [-0.2, -0.15) is 13.2 Å². The molecule has 0 fully saturated rings. The van der Waals surface area contributed by atoms with Gasteiger partial charge in [0.25, 0.3) is 0 Å². The molecule has 0 saturated heterocycles. The lowest BCUT2D eigenvalue weighted by molar-refractivity contribution is -0.142. The zero-order valence-corrected chi connectivity index (χ0v) is 11.0. The van der Waals surface area contributed by atoms with Gasteiger partial charge in [-0.3, -0.25) is 4.79 Å². The molecule has 0 bridgehead atoms. The predicted octanol–water partition coefficient (Wildman–Crippen LogP) is 3.43. The molecule has 104 valence electrons. The summed E-state index contributed by atoms with van der Waals surface area (Å²) >= 11 is 3.07. The van der Waals surface area contributed by atoms with Crippen LogP contribution in [-0.4, -0.2) is 23.2 Å². The maximum atomic E-state index is 11.9.